The van der Waals surface area contributed by atoms with Gasteiger partial charge in [0.2, 0.25) is 0 Å². The molecule has 0 aromatic carbocycles. The minimum Gasteiger partial charge on any atom is -0.466 e. The van der Waals surface area contributed by atoms with Gasteiger partial charge in [0.05, 0.1) is 12.7 Å². The Morgan fingerprint density at radius 2 is 2.20 bits per heavy atom. The van der Waals surface area contributed by atoms with Crippen LogP contribution in [0.3, 0.4) is 0 Å². The first-order valence-electron chi connectivity index (χ1n) is 5.71. The van der Waals surface area contributed by atoms with Crippen LogP contribution in [0, 0.1) is 0 Å². The second kappa shape index (κ2) is 7.85. The maximum Gasteiger partial charge on any atom is 0.330 e. The highest BCUT2D eigenvalue weighted by Crippen LogP contribution is 2.07. The lowest BCUT2D eigenvalue weighted by Gasteiger charge is -2.06. The Morgan fingerprint density at radius 1 is 1.45 bits per heavy atom. The van der Waals surface area contributed by atoms with Crippen molar-refractivity contribution in [2.24, 2.45) is 0 Å². The second-order valence-electron chi connectivity index (χ2n) is 3.65. The fourth-order valence-corrected chi connectivity index (χ4v) is 1.28. The number of ether oxygens (including phenoxy) is 2. The molecule has 0 saturated heterocycles. The van der Waals surface area contributed by atoms with Crippen LogP contribution in [0.25, 0.3) is 0 Å². The van der Waals surface area contributed by atoms with Gasteiger partial charge in [-0.05, 0) is 0 Å². The number of carbonyl (C=O) groups excluding carboxylic acids is 2. The van der Waals surface area contributed by atoms with E-state index in [1.165, 1.54) is 32.6 Å². The number of nitrogen functional groups attached to an aromatic ring is 1. The van der Waals surface area contributed by atoms with Gasteiger partial charge in [0.1, 0.15) is 12.4 Å². The third-order valence-corrected chi connectivity index (χ3v) is 2.22. The van der Waals surface area contributed by atoms with Crippen molar-refractivity contribution in [1.82, 2.24) is 15.3 Å². The molecule has 1 aromatic heterocycles. The number of aromatic nitrogens is 2. The van der Waals surface area contributed by atoms with Gasteiger partial charge in [-0.25, -0.2) is 14.8 Å². The third-order valence-electron chi connectivity index (χ3n) is 2.22. The molecule has 0 bridgehead atoms. The summed E-state index contributed by atoms with van der Waals surface area (Å²) >= 11 is 0. The van der Waals surface area contributed by atoms with Crippen molar-refractivity contribution in [3.63, 3.8) is 0 Å². The van der Waals surface area contributed by atoms with Gasteiger partial charge in [-0.2, -0.15) is 0 Å². The molecule has 0 aliphatic heterocycles. The predicted molar refractivity (Wildman–Crippen MR) is 70.6 cm³/mol. The highest BCUT2D eigenvalue weighted by molar-refractivity contribution is 5.98. The Balaban J connectivity index is 2.59. The topological polar surface area (TPSA) is 116 Å². The summed E-state index contributed by atoms with van der Waals surface area (Å²) in [5.74, 6) is -0.458. The number of nitrogens with one attached hydrogen (secondary N) is 1. The number of amides is 1. The average Bonchev–Trinajstić information content (AvgIpc) is 2.43. The molecular formula is C12H16N4O4. The van der Waals surface area contributed by atoms with E-state index in [9.17, 15) is 9.59 Å². The zero-order valence-corrected chi connectivity index (χ0v) is 11.3. The minimum absolute atomic E-state index is 0.0708. The molecule has 1 aromatic rings. The minimum atomic E-state index is -0.494. The smallest absolute Gasteiger partial charge is 0.330 e. The first-order chi connectivity index (χ1) is 9.58. The largest absolute Gasteiger partial charge is 0.466 e. The van der Waals surface area contributed by atoms with Crippen LogP contribution in [-0.4, -0.2) is 42.6 Å². The summed E-state index contributed by atoms with van der Waals surface area (Å²) in [7, 11) is 2.78. The molecule has 1 heterocycles. The van der Waals surface area contributed by atoms with Crippen LogP contribution in [0.15, 0.2) is 18.3 Å². The molecule has 8 heteroatoms. The molecule has 0 aliphatic carbocycles. The fourth-order valence-electron chi connectivity index (χ4n) is 1.28. The SMILES string of the molecule is COCc1ncc(C(=O)NC/C=C/C(=O)OC)c(N)n1. The first-order valence-corrected chi connectivity index (χ1v) is 5.71. The summed E-state index contributed by atoms with van der Waals surface area (Å²) < 4.78 is 9.27. The lowest BCUT2D eigenvalue weighted by atomic mass is 10.3. The van der Waals surface area contributed by atoms with Crippen molar-refractivity contribution in [3.05, 3.63) is 29.7 Å². The average molecular weight is 280 g/mol. The number of methoxy groups -OCH3 is 2. The summed E-state index contributed by atoms with van der Waals surface area (Å²) in [6.07, 6.45) is 4.00. The monoisotopic (exact) mass is 280 g/mol. The van der Waals surface area contributed by atoms with E-state index in [1.807, 2.05) is 0 Å². The van der Waals surface area contributed by atoms with E-state index in [0.29, 0.717) is 5.82 Å². The van der Waals surface area contributed by atoms with Crippen molar-refractivity contribution < 1.29 is 19.1 Å². The van der Waals surface area contributed by atoms with Crippen molar-refractivity contribution in [2.45, 2.75) is 6.61 Å². The number of anilines is 1. The standard InChI is InChI=1S/C12H16N4O4/c1-19-7-9-15-6-8(11(13)16-9)12(18)14-5-3-4-10(17)20-2/h3-4,6H,5,7H2,1-2H3,(H,14,18)(H2,13,15,16)/b4-3+. The molecule has 3 N–H and O–H groups in total. The maximum atomic E-state index is 11.8. The van der Waals surface area contributed by atoms with Crippen LogP contribution in [0.4, 0.5) is 5.82 Å². The summed E-state index contributed by atoms with van der Waals surface area (Å²) in [6.45, 7) is 0.376. The summed E-state index contributed by atoms with van der Waals surface area (Å²) in [6, 6.07) is 0. The number of nitrogens with two attached hydrogens (primary N) is 1. The Kier molecular flexibility index (Phi) is 6.11. The Labute approximate surface area is 116 Å². The molecule has 1 rings (SSSR count). The van der Waals surface area contributed by atoms with Gasteiger partial charge in [-0.1, -0.05) is 6.08 Å². The normalized spacial score (nSPS) is 10.5. The summed E-state index contributed by atoms with van der Waals surface area (Å²) in [5.41, 5.74) is 5.83. The van der Waals surface area contributed by atoms with Crippen LogP contribution >= 0.6 is 0 Å². The molecule has 0 radical (unpaired) electrons. The van der Waals surface area contributed by atoms with Crippen molar-refractivity contribution >= 4 is 17.7 Å². The molecular weight excluding hydrogens is 264 g/mol. The third kappa shape index (κ3) is 4.65. The molecule has 20 heavy (non-hydrogen) atoms. The molecule has 108 valence electrons. The number of hydrogen-bond donors (Lipinski definition) is 2. The van der Waals surface area contributed by atoms with Crippen LogP contribution in [0.1, 0.15) is 16.2 Å². The lowest BCUT2D eigenvalue weighted by Crippen LogP contribution is -2.25. The highest BCUT2D eigenvalue weighted by atomic mass is 16.5. The number of esters is 1. The number of carbonyl (C=O) groups is 2. The lowest BCUT2D eigenvalue weighted by molar-refractivity contribution is -0.134. The van der Waals surface area contributed by atoms with E-state index in [1.54, 1.807) is 0 Å². The van der Waals surface area contributed by atoms with Gasteiger partial charge in [-0.15, -0.1) is 0 Å². The molecule has 0 unspecified atom stereocenters. The van der Waals surface area contributed by atoms with Crippen molar-refractivity contribution in [3.8, 4) is 0 Å². The zero-order valence-electron chi connectivity index (χ0n) is 11.3. The molecule has 0 saturated carbocycles. The summed E-state index contributed by atoms with van der Waals surface area (Å²) in [5, 5.41) is 2.55. The van der Waals surface area contributed by atoms with E-state index in [2.05, 4.69) is 20.0 Å². The highest BCUT2D eigenvalue weighted by Gasteiger charge is 2.11. The number of hydrogen-bond acceptors (Lipinski definition) is 7. The fraction of sp³-hybridized carbons (Fsp3) is 0.333. The van der Waals surface area contributed by atoms with Gasteiger partial charge in [-0.3, -0.25) is 4.79 Å². The Hall–Kier alpha value is -2.48. The van der Waals surface area contributed by atoms with Gasteiger partial charge < -0.3 is 20.5 Å². The van der Waals surface area contributed by atoms with Crippen molar-refractivity contribution in [2.75, 3.05) is 26.5 Å². The second-order valence-corrected chi connectivity index (χ2v) is 3.65. The molecule has 1 amide bonds. The van der Waals surface area contributed by atoms with Crippen LogP contribution in [0.5, 0.6) is 0 Å². The maximum absolute atomic E-state index is 11.8. The van der Waals surface area contributed by atoms with Crippen LogP contribution in [-0.2, 0) is 20.9 Å². The number of nitrogens with zero attached hydrogens (tertiary/aromatic N) is 2. The molecule has 0 atom stereocenters. The van der Waals surface area contributed by atoms with Crippen LogP contribution in [0.2, 0.25) is 0 Å². The quantitative estimate of drug-likeness (QED) is 0.541. The molecule has 0 spiro atoms. The van der Waals surface area contributed by atoms with E-state index in [-0.39, 0.29) is 24.5 Å². The Bertz CT molecular complexity index is 516. The van der Waals surface area contributed by atoms with Gasteiger partial charge >= 0.3 is 5.97 Å². The van der Waals surface area contributed by atoms with Crippen LogP contribution < -0.4 is 11.1 Å². The van der Waals surface area contributed by atoms with E-state index >= 15 is 0 Å². The number of rotatable bonds is 6. The molecule has 0 aliphatic rings. The summed E-state index contributed by atoms with van der Waals surface area (Å²) in [4.78, 5) is 30.5. The van der Waals surface area contributed by atoms with Gasteiger partial charge in [0, 0.05) is 25.9 Å². The first kappa shape index (κ1) is 15.6. The predicted octanol–water partition coefficient (Wildman–Crippen LogP) is -0.336. The molecule has 0 fully saturated rings. The van der Waals surface area contributed by atoms with E-state index in [4.69, 9.17) is 10.5 Å². The van der Waals surface area contributed by atoms with Crippen molar-refractivity contribution in [1.29, 1.82) is 0 Å². The Morgan fingerprint density at radius 3 is 2.80 bits per heavy atom. The molecule has 8 nitrogen and oxygen atoms in total. The van der Waals surface area contributed by atoms with E-state index in [0.717, 1.165) is 0 Å². The zero-order chi connectivity index (χ0) is 15.0. The van der Waals surface area contributed by atoms with Gasteiger partial charge in [0.15, 0.2) is 5.82 Å². The van der Waals surface area contributed by atoms with Gasteiger partial charge in [0.25, 0.3) is 5.91 Å². The van der Waals surface area contributed by atoms with E-state index < -0.39 is 11.9 Å².